The predicted octanol–water partition coefficient (Wildman–Crippen LogP) is 4.21. The zero-order valence-electron chi connectivity index (χ0n) is 15.2. The Bertz CT molecular complexity index is 793. The number of carbonyl (C=O) groups is 1. The molecule has 1 aliphatic rings. The Hall–Kier alpha value is -2.13. The molecule has 146 valence electrons. The Labute approximate surface area is 160 Å². The maximum atomic E-state index is 14.0. The first-order valence-corrected chi connectivity index (χ1v) is 10.0. The fourth-order valence-corrected chi connectivity index (χ4v) is 3.49. The van der Waals surface area contributed by atoms with Crippen molar-refractivity contribution in [1.29, 1.82) is 0 Å². The molecule has 0 radical (unpaired) electrons. The molecular formula is C18H22FN3O4S. The maximum Gasteiger partial charge on any atom is 0.407 e. The van der Waals surface area contributed by atoms with Gasteiger partial charge in [-0.25, -0.2) is 9.18 Å². The molecule has 0 aliphatic carbocycles. The Morgan fingerprint density at radius 3 is 2.81 bits per heavy atom. The quantitative estimate of drug-likeness (QED) is 0.733. The predicted molar refractivity (Wildman–Crippen MR) is 98.2 cm³/mol. The van der Waals surface area contributed by atoms with Crippen LogP contribution in [-0.4, -0.2) is 51.7 Å². The molecule has 0 spiro atoms. The molecule has 2 aromatic rings. The SMILES string of the molecule is CCC(OC1CCN(C(=O)O)CC1)c1nc(-c2ccc(SC)c(F)c2)no1. The number of piperidine rings is 1. The van der Waals surface area contributed by atoms with Gasteiger partial charge in [-0.15, -0.1) is 11.8 Å². The number of hydrogen-bond donors (Lipinski definition) is 1. The van der Waals surface area contributed by atoms with Gasteiger partial charge in [-0.3, -0.25) is 0 Å². The molecule has 1 N–H and O–H groups in total. The lowest BCUT2D eigenvalue weighted by atomic mass is 10.1. The molecule has 1 saturated heterocycles. The average molecular weight is 395 g/mol. The first-order valence-electron chi connectivity index (χ1n) is 8.82. The van der Waals surface area contributed by atoms with E-state index in [4.69, 9.17) is 14.4 Å². The molecule has 1 amide bonds. The van der Waals surface area contributed by atoms with E-state index in [0.29, 0.717) is 54.5 Å². The zero-order valence-corrected chi connectivity index (χ0v) is 16.0. The van der Waals surface area contributed by atoms with Crippen LogP contribution in [0, 0.1) is 5.82 Å². The lowest BCUT2D eigenvalue weighted by Gasteiger charge is -2.31. The molecule has 1 fully saturated rings. The number of thioether (sulfide) groups is 1. The lowest BCUT2D eigenvalue weighted by molar-refractivity contribution is -0.0550. The lowest BCUT2D eigenvalue weighted by Crippen LogP contribution is -2.40. The van der Waals surface area contributed by atoms with Crippen molar-refractivity contribution in [3.8, 4) is 11.4 Å². The minimum atomic E-state index is -0.901. The fourth-order valence-electron chi connectivity index (χ4n) is 3.03. The first-order chi connectivity index (χ1) is 13.0. The summed E-state index contributed by atoms with van der Waals surface area (Å²) in [5.41, 5.74) is 0.546. The Morgan fingerprint density at radius 1 is 1.48 bits per heavy atom. The number of rotatable bonds is 6. The number of nitrogens with zero attached hydrogens (tertiary/aromatic N) is 3. The van der Waals surface area contributed by atoms with Crippen LogP contribution in [0.5, 0.6) is 0 Å². The van der Waals surface area contributed by atoms with Crippen molar-refractivity contribution in [3.05, 3.63) is 29.9 Å². The highest BCUT2D eigenvalue weighted by Crippen LogP contribution is 2.29. The van der Waals surface area contributed by atoms with E-state index in [9.17, 15) is 9.18 Å². The van der Waals surface area contributed by atoms with Crippen LogP contribution < -0.4 is 0 Å². The number of halogens is 1. The summed E-state index contributed by atoms with van der Waals surface area (Å²) in [7, 11) is 0. The largest absolute Gasteiger partial charge is 0.465 e. The normalized spacial score (nSPS) is 16.5. The molecule has 1 aromatic carbocycles. The summed E-state index contributed by atoms with van der Waals surface area (Å²) < 4.78 is 25.4. The van der Waals surface area contributed by atoms with Crippen molar-refractivity contribution in [1.82, 2.24) is 15.0 Å². The van der Waals surface area contributed by atoms with Gasteiger partial charge in [-0.05, 0) is 43.7 Å². The van der Waals surface area contributed by atoms with Crippen molar-refractivity contribution >= 4 is 17.9 Å². The number of ether oxygens (including phenoxy) is 1. The maximum absolute atomic E-state index is 14.0. The number of carboxylic acid groups (broad SMARTS) is 1. The number of aromatic nitrogens is 2. The van der Waals surface area contributed by atoms with Crippen molar-refractivity contribution in [2.24, 2.45) is 0 Å². The standard InChI is InChI=1S/C18H22FN3O4S/c1-3-14(25-12-6-8-22(9-7-12)18(23)24)17-20-16(21-26-17)11-4-5-15(27-2)13(19)10-11/h4-5,10,12,14H,3,6-9H2,1-2H3,(H,23,24). The van der Waals surface area contributed by atoms with Crippen LogP contribution in [0.1, 0.15) is 38.2 Å². The summed E-state index contributed by atoms with van der Waals surface area (Å²) in [6.07, 6.45) is 2.38. The van der Waals surface area contributed by atoms with Crippen molar-refractivity contribution in [2.45, 2.75) is 43.3 Å². The second kappa shape index (κ2) is 8.71. The van der Waals surface area contributed by atoms with Crippen molar-refractivity contribution in [3.63, 3.8) is 0 Å². The highest BCUT2D eigenvalue weighted by atomic mass is 32.2. The van der Waals surface area contributed by atoms with Crippen LogP contribution in [0.3, 0.4) is 0 Å². The van der Waals surface area contributed by atoms with Gasteiger partial charge in [0.15, 0.2) is 0 Å². The van der Waals surface area contributed by atoms with Crippen LogP contribution in [0.15, 0.2) is 27.6 Å². The third-order valence-corrected chi connectivity index (χ3v) is 5.34. The number of amides is 1. The van der Waals surface area contributed by atoms with Gasteiger partial charge in [-0.2, -0.15) is 4.98 Å². The average Bonchev–Trinajstić information content (AvgIpc) is 3.16. The van der Waals surface area contributed by atoms with E-state index in [1.54, 1.807) is 12.1 Å². The van der Waals surface area contributed by atoms with Gasteiger partial charge in [0.2, 0.25) is 5.82 Å². The van der Waals surface area contributed by atoms with Crippen molar-refractivity contribution < 1.29 is 23.6 Å². The second-order valence-corrected chi connectivity index (χ2v) is 7.16. The summed E-state index contributed by atoms with van der Waals surface area (Å²) in [6, 6.07) is 4.84. The van der Waals surface area contributed by atoms with Crippen molar-refractivity contribution in [2.75, 3.05) is 19.3 Å². The van der Waals surface area contributed by atoms with E-state index < -0.39 is 6.09 Å². The number of likely N-dealkylation sites (tertiary alicyclic amines) is 1. The van der Waals surface area contributed by atoms with E-state index in [1.807, 2.05) is 13.2 Å². The Balaban J connectivity index is 1.67. The Morgan fingerprint density at radius 2 is 2.22 bits per heavy atom. The third kappa shape index (κ3) is 4.59. The molecule has 9 heteroatoms. The molecule has 1 atom stereocenters. The molecule has 0 saturated carbocycles. The smallest absolute Gasteiger partial charge is 0.407 e. The molecular weight excluding hydrogens is 373 g/mol. The molecule has 1 aromatic heterocycles. The van der Waals surface area contributed by atoms with Gasteiger partial charge < -0.3 is 19.3 Å². The van der Waals surface area contributed by atoms with Crippen LogP contribution in [-0.2, 0) is 4.74 Å². The van der Waals surface area contributed by atoms with Crippen LogP contribution in [0.2, 0.25) is 0 Å². The fraction of sp³-hybridized carbons (Fsp3) is 0.500. The summed E-state index contributed by atoms with van der Waals surface area (Å²) in [5.74, 6) is 0.349. The van der Waals surface area contributed by atoms with Crippen LogP contribution in [0.4, 0.5) is 9.18 Å². The molecule has 2 heterocycles. The highest BCUT2D eigenvalue weighted by molar-refractivity contribution is 7.98. The summed E-state index contributed by atoms with van der Waals surface area (Å²) in [4.78, 5) is 17.3. The monoisotopic (exact) mass is 395 g/mol. The van der Waals surface area contributed by atoms with Crippen LogP contribution >= 0.6 is 11.8 Å². The molecule has 0 bridgehead atoms. The Kier molecular flexibility index (Phi) is 6.33. The summed E-state index contributed by atoms with van der Waals surface area (Å²) in [6.45, 7) is 2.85. The molecule has 27 heavy (non-hydrogen) atoms. The van der Waals surface area contributed by atoms with E-state index in [1.165, 1.54) is 22.7 Å². The highest BCUT2D eigenvalue weighted by Gasteiger charge is 2.27. The number of benzene rings is 1. The van der Waals surface area contributed by atoms with Gasteiger partial charge in [0.25, 0.3) is 5.89 Å². The first kappa shape index (κ1) is 19.6. The van der Waals surface area contributed by atoms with E-state index in [2.05, 4.69) is 10.1 Å². The molecule has 7 nitrogen and oxygen atoms in total. The number of hydrogen-bond acceptors (Lipinski definition) is 6. The molecule has 1 aliphatic heterocycles. The van der Waals surface area contributed by atoms with Gasteiger partial charge in [0, 0.05) is 23.5 Å². The molecule has 1 unspecified atom stereocenters. The van der Waals surface area contributed by atoms with Crippen LogP contribution in [0.25, 0.3) is 11.4 Å². The van der Waals surface area contributed by atoms with Gasteiger partial charge >= 0.3 is 6.09 Å². The molecule has 3 rings (SSSR count). The summed E-state index contributed by atoms with van der Waals surface area (Å²) in [5, 5.41) is 13.0. The van der Waals surface area contributed by atoms with E-state index in [0.717, 1.165) is 0 Å². The minimum Gasteiger partial charge on any atom is -0.465 e. The van der Waals surface area contributed by atoms with E-state index >= 15 is 0 Å². The zero-order chi connectivity index (χ0) is 19.4. The van der Waals surface area contributed by atoms with Gasteiger partial charge in [-0.1, -0.05) is 12.1 Å². The van der Waals surface area contributed by atoms with E-state index in [-0.39, 0.29) is 18.0 Å². The minimum absolute atomic E-state index is 0.0563. The topological polar surface area (TPSA) is 88.7 Å². The third-order valence-electron chi connectivity index (χ3n) is 4.57. The van der Waals surface area contributed by atoms with Gasteiger partial charge in [0.05, 0.1) is 6.10 Å². The second-order valence-electron chi connectivity index (χ2n) is 6.31. The van der Waals surface area contributed by atoms with Gasteiger partial charge in [0.1, 0.15) is 11.9 Å². The summed E-state index contributed by atoms with van der Waals surface area (Å²) >= 11 is 1.33.